The summed E-state index contributed by atoms with van der Waals surface area (Å²) >= 11 is 0. The molecule has 8 heteroatoms. The van der Waals surface area contributed by atoms with Crippen molar-refractivity contribution in [2.24, 2.45) is 0 Å². The Bertz CT molecular complexity index is 745. The molecule has 8 nitrogen and oxygen atoms in total. The number of carbonyl (C=O) groups excluding carboxylic acids is 1. The van der Waals surface area contributed by atoms with Gasteiger partial charge in [0.1, 0.15) is 24.1 Å². The molecule has 2 heterocycles. The third kappa shape index (κ3) is 4.90. The minimum absolute atomic E-state index is 0.0323. The number of hydrogen-bond donors (Lipinski definition) is 2. The van der Waals surface area contributed by atoms with E-state index in [1.807, 2.05) is 37.3 Å². The van der Waals surface area contributed by atoms with Crippen molar-refractivity contribution in [1.29, 1.82) is 0 Å². The molecule has 1 aliphatic rings. The van der Waals surface area contributed by atoms with E-state index in [9.17, 15) is 4.79 Å². The fraction of sp³-hybridized carbons (Fsp3) is 0.389. The van der Waals surface area contributed by atoms with E-state index in [1.54, 1.807) is 0 Å². The molecule has 0 aliphatic carbocycles. The molecule has 1 aromatic heterocycles. The monoisotopic (exact) mass is 357 g/mol. The number of nitrogens with zero attached hydrogens (tertiary/aromatic N) is 3. The van der Waals surface area contributed by atoms with Crippen molar-refractivity contribution in [1.82, 2.24) is 9.97 Å². The topological polar surface area (TPSA) is 88.6 Å². The zero-order valence-corrected chi connectivity index (χ0v) is 15.0. The van der Waals surface area contributed by atoms with E-state index in [2.05, 4.69) is 25.5 Å². The highest BCUT2D eigenvalue weighted by atomic mass is 16.5. The number of carbonyl (C=O) groups is 1. The van der Waals surface area contributed by atoms with Crippen LogP contribution in [0.15, 0.2) is 30.3 Å². The number of aryl methyl sites for hydroxylation is 1. The summed E-state index contributed by atoms with van der Waals surface area (Å²) in [6.45, 7) is 4.98. The Balaban J connectivity index is 1.68. The van der Waals surface area contributed by atoms with Crippen LogP contribution in [-0.4, -0.2) is 55.9 Å². The molecule has 0 unspecified atom stereocenters. The lowest BCUT2D eigenvalue weighted by Crippen LogP contribution is -2.36. The van der Waals surface area contributed by atoms with E-state index < -0.39 is 0 Å². The first-order valence-electron chi connectivity index (χ1n) is 8.48. The average molecular weight is 357 g/mol. The SMILES string of the molecule is COCC(=O)Nc1ccc(Nc2cc(N3CCOCC3)nc(C)n2)cc1. The normalized spacial score (nSPS) is 14.2. The third-order valence-corrected chi connectivity index (χ3v) is 3.88. The maximum Gasteiger partial charge on any atom is 0.250 e. The number of rotatable bonds is 6. The molecule has 2 N–H and O–H groups in total. The van der Waals surface area contributed by atoms with Crippen molar-refractivity contribution >= 4 is 28.9 Å². The standard InChI is InChI=1S/C18H23N5O3/c1-13-19-16(11-17(20-13)23-7-9-26-10-8-23)21-14-3-5-15(6-4-14)22-18(24)12-25-2/h3-6,11H,7-10,12H2,1-2H3,(H,22,24)(H,19,20,21). The first-order valence-corrected chi connectivity index (χ1v) is 8.48. The Hall–Kier alpha value is -2.71. The number of anilines is 4. The van der Waals surface area contributed by atoms with Gasteiger partial charge in [0.25, 0.3) is 0 Å². The number of ether oxygens (including phenoxy) is 2. The Kier molecular flexibility index (Phi) is 5.98. The highest BCUT2D eigenvalue weighted by molar-refractivity contribution is 5.91. The number of nitrogens with one attached hydrogen (secondary N) is 2. The van der Waals surface area contributed by atoms with Gasteiger partial charge in [0, 0.05) is 37.6 Å². The van der Waals surface area contributed by atoms with Crippen LogP contribution < -0.4 is 15.5 Å². The van der Waals surface area contributed by atoms with Gasteiger partial charge in [-0.3, -0.25) is 4.79 Å². The van der Waals surface area contributed by atoms with Crippen LogP contribution in [0.3, 0.4) is 0 Å². The summed E-state index contributed by atoms with van der Waals surface area (Å²) in [6, 6.07) is 9.36. The van der Waals surface area contributed by atoms with Crippen LogP contribution in [0.2, 0.25) is 0 Å². The maximum atomic E-state index is 11.5. The Morgan fingerprint density at radius 3 is 2.58 bits per heavy atom. The number of aromatic nitrogens is 2. The molecular weight excluding hydrogens is 334 g/mol. The second-order valence-electron chi connectivity index (χ2n) is 5.94. The fourth-order valence-corrected chi connectivity index (χ4v) is 2.68. The van der Waals surface area contributed by atoms with Gasteiger partial charge in [-0.1, -0.05) is 0 Å². The van der Waals surface area contributed by atoms with E-state index in [-0.39, 0.29) is 12.5 Å². The number of morpholine rings is 1. The van der Waals surface area contributed by atoms with Gasteiger partial charge in [-0.2, -0.15) is 0 Å². The summed E-state index contributed by atoms with van der Waals surface area (Å²) in [7, 11) is 1.49. The van der Waals surface area contributed by atoms with E-state index in [0.29, 0.717) is 24.7 Å². The lowest BCUT2D eigenvalue weighted by molar-refractivity contribution is -0.119. The first-order chi connectivity index (χ1) is 12.6. The molecule has 0 bridgehead atoms. The molecule has 0 atom stereocenters. The summed E-state index contributed by atoms with van der Waals surface area (Å²) in [5.74, 6) is 2.15. The van der Waals surface area contributed by atoms with Crippen molar-refractivity contribution in [3.8, 4) is 0 Å². The Morgan fingerprint density at radius 1 is 1.19 bits per heavy atom. The van der Waals surface area contributed by atoms with Crippen molar-refractivity contribution in [3.05, 3.63) is 36.2 Å². The summed E-state index contributed by atoms with van der Waals surface area (Å²) in [6.07, 6.45) is 0. The zero-order chi connectivity index (χ0) is 18.4. The third-order valence-electron chi connectivity index (χ3n) is 3.88. The van der Waals surface area contributed by atoms with Gasteiger partial charge in [0.2, 0.25) is 5.91 Å². The van der Waals surface area contributed by atoms with E-state index in [0.717, 1.165) is 30.4 Å². The largest absolute Gasteiger partial charge is 0.378 e. The molecule has 0 spiro atoms. The summed E-state index contributed by atoms with van der Waals surface area (Å²) in [5, 5.41) is 6.04. The lowest BCUT2D eigenvalue weighted by atomic mass is 10.2. The predicted molar refractivity (Wildman–Crippen MR) is 100 cm³/mol. The van der Waals surface area contributed by atoms with Crippen LogP contribution in [0, 0.1) is 6.92 Å². The Labute approximate surface area is 152 Å². The van der Waals surface area contributed by atoms with Crippen molar-refractivity contribution in [2.45, 2.75) is 6.92 Å². The highest BCUT2D eigenvalue weighted by Crippen LogP contribution is 2.21. The molecule has 1 fully saturated rings. The minimum Gasteiger partial charge on any atom is -0.378 e. The number of methoxy groups -OCH3 is 1. The fourth-order valence-electron chi connectivity index (χ4n) is 2.68. The minimum atomic E-state index is -0.185. The van der Waals surface area contributed by atoms with Crippen LogP contribution in [0.4, 0.5) is 23.0 Å². The van der Waals surface area contributed by atoms with Crippen LogP contribution >= 0.6 is 0 Å². The van der Waals surface area contributed by atoms with Gasteiger partial charge in [0.05, 0.1) is 13.2 Å². The number of benzene rings is 1. The van der Waals surface area contributed by atoms with Crippen LogP contribution in [0.5, 0.6) is 0 Å². The molecule has 0 saturated carbocycles. The second-order valence-corrected chi connectivity index (χ2v) is 5.94. The molecule has 0 radical (unpaired) electrons. The molecular formula is C18H23N5O3. The van der Waals surface area contributed by atoms with Crippen molar-refractivity contribution in [2.75, 3.05) is 55.6 Å². The molecule has 2 aromatic rings. The van der Waals surface area contributed by atoms with Crippen LogP contribution in [0.1, 0.15) is 5.82 Å². The molecule has 1 amide bonds. The van der Waals surface area contributed by atoms with Gasteiger partial charge < -0.3 is 25.0 Å². The van der Waals surface area contributed by atoms with Gasteiger partial charge in [0.15, 0.2) is 0 Å². The molecule has 1 aromatic carbocycles. The number of amides is 1. The van der Waals surface area contributed by atoms with E-state index >= 15 is 0 Å². The van der Waals surface area contributed by atoms with E-state index in [1.165, 1.54) is 7.11 Å². The van der Waals surface area contributed by atoms with Gasteiger partial charge >= 0.3 is 0 Å². The molecule has 1 aliphatic heterocycles. The summed E-state index contributed by atoms with van der Waals surface area (Å²) in [5.41, 5.74) is 1.59. The van der Waals surface area contributed by atoms with Gasteiger partial charge in [-0.15, -0.1) is 0 Å². The smallest absolute Gasteiger partial charge is 0.250 e. The molecule has 138 valence electrons. The molecule has 26 heavy (non-hydrogen) atoms. The Morgan fingerprint density at radius 2 is 1.88 bits per heavy atom. The maximum absolute atomic E-state index is 11.5. The van der Waals surface area contributed by atoms with Crippen molar-refractivity contribution in [3.63, 3.8) is 0 Å². The van der Waals surface area contributed by atoms with E-state index in [4.69, 9.17) is 9.47 Å². The first kappa shape index (κ1) is 18.1. The average Bonchev–Trinajstić information content (AvgIpc) is 2.64. The second kappa shape index (κ2) is 8.59. The summed E-state index contributed by atoms with van der Waals surface area (Å²) in [4.78, 5) is 22.7. The quantitative estimate of drug-likeness (QED) is 0.817. The predicted octanol–water partition coefficient (Wildman–Crippen LogP) is 1.95. The van der Waals surface area contributed by atoms with Crippen LogP contribution in [0.25, 0.3) is 0 Å². The number of hydrogen-bond acceptors (Lipinski definition) is 7. The lowest BCUT2D eigenvalue weighted by Gasteiger charge is -2.28. The summed E-state index contributed by atoms with van der Waals surface area (Å²) < 4.78 is 10.2. The molecule has 3 rings (SSSR count). The van der Waals surface area contributed by atoms with Crippen LogP contribution in [-0.2, 0) is 14.3 Å². The van der Waals surface area contributed by atoms with Gasteiger partial charge in [-0.05, 0) is 31.2 Å². The van der Waals surface area contributed by atoms with Gasteiger partial charge in [-0.25, -0.2) is 9.97 Å². The molecule has 1 saturated heterocycles. The highest BCUT2D eigenvalue weighted by Gasteiger charge is 2.14. The zero-order valence-electron chi connectivity index (χ0n) is 15.0. The van der Waals surface area contributed by atoms with Crippen molar-refractivity contribution < 1.29 is 14.3 Å².